The second-order valence-corrected chi connectivity index (χ2v) is 4.02. The van der Waals surface area contributed by atoms with Gasteiger partial charge in [-0.25, -0.2) is 10.8 Å². The fourth-order valence-electron chi connectivity index (χ4n) is 1.59. The van der Waals surface area contributed by atoms with Crippen molar-refractivity contribution in [2.75, 3.05) is 0 Å². The van der Waals surface area contributed by atoms with Gasteiger partial charge in [-0.2, -0.15) is 0 Å². The van der Waals surface area contributed by atoms with Crippen molar-refractivity contribution < 1.29 is 9.53 Å². The zero-order valence-corrected chi connectivity index (χ0v) is 10.2. The van der Waals surface area contributed by atoms with Gasteiger partial charge in [-0.1, -0.05) is 0 Å². The molecule has 0 aliphatic carbocycles. The molecule has 6 nitrogen and oxygen atoms in total. The Morgan fingerprint density at radius 1 is 1.44 bits per heavy atom. The van der Waals surface area contributed by atoms with Gasteiger partial charge in [-0.15, -0.1) is 0 Å². The Balaban J connectivity index is 2.66. The predicted molar refractivity (Wildman–Crippen MR) is 67.0 cm³/mol. The van der Waals surface area contributed by atoms with E-state index in [0.29, 0.717) is 11.3 Å². The van der Waals surface area contributed by atoms with Crippen LogP contribution in [0.25, 0.3) is 10.9 Å². The Kier molecular flexibility index (Phi) is 3.38. The first-order chi connectivity index (χ1) is 8.63. The molecule has 0 unspecified atom stereocenters. The Morgan fingerprint density at radius 3 is 2.89 bits per heavy atom. The highest BCUT2D eigenvalue weighted by Gasteiger charge is 2.18. The summed E-state index contributed by atoms with van der Waals surface area (Å²) in [7, 11) is 0. The Labute approximate surface area is 104 Å². The first kappa shape index (κ1) is 12.3. The van der Waals surface area contributed by atoms with E-state index >= 15 is 0 Å². The molecule has 0 aromatic carbocycles. The third-order valence-corrected chi connectivity index (χ3v) is 2.30. The van der Waals surface area contributed by atoms with E-state index in [0.717, 1.165) is 5.39 Å². The van der Waals surface area contributed by atoms with E-state index in [2.05, 4.69) is 15.4 Å². The largest absolute Gasteiger partial charge is 0.486 e. The third kappa shape index (κ3) is 2.23. The highest BCUT2D eigenvalue weighted by Crippen LogP contribution is 2.27. The van der Waals surface area contributed by atoms with Crippen LogP contribution < -0.4 is 16.0 Å². The zero-order valence-electron chi connectivity index (χ0n) is 10.2. The molecular formula is C12H14N4O2. The molecule has 6 heteroatoms. The van der Waals surface area contributed by atoms with Gasteiger partial charge in [0.1, 0.15) is 5.52 Å². The summed E-state index contributed by atoms with van der Waals surface area (Å²) in [5.41, 5.74) is 2.78. The number of nitrogens with one attached hydrogen (secondary N) is 1. The van der Waals surface area contributed by atoms with E-state index in [1.807, 2.05) is 19.9 Å². The molecule has 1 amide bonds. The highest BCUT2D eigenvalue weighted by molar-refractivity contribution is 6.00. The zero-order chi connectivity index (χ0) is 13.1. The van der Waals surface area contributed by atoms with Crippen molar-refractivity contribution >= 4 is 16.8 Å². The van der Waals surface area contributed by atoms with Crippen LogP contribution >= 0.6 is 0 Å². The molecule has 0 atom stereocenters. The molecule has 0 bridgehead atoms. The summed E-state index contributed by atoms with van der Waals surface area (Å²) in [6.07, 6.45) is 3.11. The smallest absolute Gasteiger partial charge is 0.287 e. The van der Waals surface area contributed by atoms with Gasteiger partial charge in [0.2, 0.25) is 0 Å². The second-order valence-electron chi connectivity index (χ2n) is 4.02. The molecule has 0 aliphatic heterocycles. The van der Waals surface area contributed by atoms with Crippen LogP contribution in [0, 0.1) is 0 Å². The van der Waals surface area contributed by atoms with Gasteiger partial charge >= 0.3 is 0 Å². The molecular weight excluding hydrogens is 232 g/mol. The SMILES string of the molecule is CC(C)Oc1c(C(=O)NN)ncc2cccnc12. The second kappa shape index (κ2) is 4.97. The van der Waals surface area contributed by atoms with Crippen molar-refractivity contribution in [2.24, 2.45) is 5.84 Å². The van der Waals surface area contributed by atoms with Crippen molar-refractivity contribution in [2.45, 2.75) is 20.0 Å². The van der Waals surface area contributed by atoms with Crippen molar-refractivity contribution in [1.29, 1.82) is 0 Å². The Hall–Kier alpha value is -2.21. The number of carbonyl (C=O) groups is 1. The average molecular weight is 246 g/mol. The minimum atomic E-state index is -0.502. The lowest BCUT2D eigenvalue weighted by molar-refractivity contribution is 0.0942. The maximum atomic E-state index is 11.7. The Bertz CT molecular complexity index is 583. The molecule has 0 saturated carbocycles. The number of carbonyl (C=O) groups excluding carboxylic acids is 1. The lowest BCUT2D eigenvalue weighted by atomic mass is 10.2. The van der Waals surface area contributed by atoms with E-state index in [1.165, 1.54) is 0 Å². The third-order valence-electron chi connectivity index (χ3n) is 2.30. The van der Waals surface area contributed by atoms with Crippen LogP contribution in [0.4, 0.5) is 0 Å². The standard InChI is InChI=1S/C12H14N4O2/c1-7(2)18-11-9-8(4-3-5-14-9)6-15-10(11)12(17)16-13/h3-7H,13H2,1-2H3,(H,16,17). The molecule has 3 N–H and O–H groups in total. The van der Waals surface area contributed by atoms with Gasteiger partial charge in [0.25, 0.3) is 5.91 Å². The molecule has 0 spiro atoms. The molecule has 18 heavy (non-hydrogen) atoms. The maximum Gasteiger partial charge on any atom is 0.287 e. The van der Waals surface area contributed by atoms with Crippen LogP contribution in [0.3, 0.4) is 0 Å². The van der Waals surface area contributed by atoms with E-state index in [1.54, 1.807) is 18.5 Å². The van der Waals surface area contributed by atoms with Crippen LogP contribution in [-0.2, 0) is 0 Å². The van der Waals surface area contributed by atoms with Gasteiger partial charge in [-0.3, -0.25) is 15.2 Å². The Morgan fingerprint density at radius 2 is 2.22 bits per heavy atom. The van der Waals surface area contributed by atoms with Crippen LogP contribution in [0.1, 0.15) is 24.3 Å². The number of aromatic nitrogens is 2. The van der Waals surface area contributed by atoms with E-state index in [4.69, 9.17) is 10.6 Å². The fourth-order valence-corrected chi connectivity index (χ4v) is 1.59. The summed E-state index contributed by atoms with van der Waals surface area (Å²) in [6, 6.07) is 3.65. The van der Waals surface area contributed by atoms with Gasteiger partial charge in [0, 0.05) is 17.8 Å². The van der Waals surface area contributed by atoms with Crippen molar-refractivity contribution in [3.8, 4) is 5.75 Å². The van der Waals surface area contributed by atoms with Crippen molar-refractivity contribution in [1.82, 2.24) is 15.4 Å². The molecule has 0 radical (unpaired) electrons. The van der Waals surface area contributed by atoms with Gasteiger partial charge in [0.15, 0.2) is 11.4 Å². The fraction of sp³-hybridized carbons (Fsp3) is 0.250. The lowest BCUT2D eigenvalue weighted by Gasteiger charge is -2.14. The maximum absolute atomic E-state index is 11.7. The minimum Gasteiger partial charge on any atom is -0.486 e. The molecule has 0 saturated heterocycles. The van der Waals surface area contributed by atoms with E-state index < -0.39 is 5.91 Å². The summed E-state index contributed by atoms with van der Waals surface area (Å²) in [5, 5.41) is 0.807. The summed E-state index contributed by atoms with van der Waals surface area (Å²) in [4.78, 5) is 20.0. The molecule has 2 aromatic rings. The van der Waals surface area contributed by atoms with Crippen LogP contribution in [0.2, 0.25) is 0 Å². The van der Waals surface area contributed by atoms with Crippen LogP contribution in [-0.4, -0.2) is 22.0 Å². The molecule has 94 valence electrons. The van der Waals surface area contributed by atoms with Crippen molar-refractivity contribution in [3.05, 3.63) is 30.2 Å². The van der Waals surface area contributed by atoms with Crippen LogP contribution in [0.15, 0.2) is 24.5 Å². The summed E-state index contributed by atoms with van der Waals surface area (Å²) in [5.74, 6) is 4.98. The van der Waals surface area contributed by atoms with Gasteiger partial charge in [0.05, 0.1) is 6.10 Å². The number of hydrogen-bond donors (Lipinski definition) is 2. The topological polar surface area (TPSA) is 90.1 Å². The first-order valence-electron chi connectivity index (χ1n) is 5.54. The lowest BCUT2D eigenvalue weighted by Crippen LogP contribution is -2.31. The van der Waals surface area contributed by atoms with Crippen LogP contribution in [0.5, 0.6) is 5.75 Å². The average Bonchev–Trinajstić information content (AvgIpc) is 2.37. The number of nitrogen functional groups attached to an aromatic ring is 1. The quantitative estimate of drug-likeness (QED) is 0.479. The number of hydrogen-bond acceptors (Lipinski definition) is 5. The molecule has 2 heterocycles. The predicted octanol–water partition coefficient (Wildman–Crippen LogP) is 1.02. The number of nitrogens with zero attached hydrogens (tertiary/aromatic N) is 2. The number of amides is 1. The summed E-state index contributed by atoms with van der Waals surface area (Å²) < 4.78 is 5.64. The van der Waals surface area contributed by atoms with Crippen molar-refractivity contribution in [3.63, 3.8) is 0 Å². The first-order valence-corrected chi connectivity index (χ1v) is 5.54. The number of rotatable bonds is 3. The summed E-state index contributed by atoms with van der Waals surface area (Å²) in [6.45, 7) is 3.73. The molecule has 0 aliphatic rings. The molecule has 2 rings (SSSR count). The summed E-state index contributed by atoms with van der Waals surface area (Å²) >= 11 is 0. The number of nitrogens with two attached hydrogens (primary N) is 1. The van der Waals surface area contributed by atoms with Gasteiger partial charge < -0.3 is 4.74 Å². The number of ether oxygens (including phenoxy) is 1. The molecule has 0 fully saturated rings. The van der Waals surface area contributed by atoms with Gasteiger partial charge in [-0.05, 0) is 26.0 Å². The number of pyridine rings is 2. The highest BCUT2D eigenvalue weighted by atomic mass is 16.5. The number of fused-ring (bicyclic) bond motifs is 1. The van der Waals surface area contributed by atoms with E-state index in [-0.39, 0.29) is 11.8 Å². The molecule has 2 aromatic heterocycles. The number of hydrazine groups is 1. The normalized spacial score (nSPS) is 10.7. The monoisotopic (exact) mass is 246 g/mol. The minimum absolute atomic E-state index is 0.0938. The van der Waals surface area contributed by atoms with E-state index in [9.17, 15) is 4.79 Å².